The summed E-state index contributed by atoms with van der Waals surface area (Å²) in [6.07, 6.45) is 0. The summed E-state index contributed by atoms with van der Waals surface area (Å²) in [5.74, 6) is -0.864. The zero-order valence-corrected chi connectivity index (χ0v) is 7.53. The molecule has 0 aliphatic carbocycles. The van der Waals surface area contributed by atoms with Crippen molar-refractivity contribution < 1.29 is 9.90 Å². The highest BCUT2D eigenvalue weighted by Crippen LogP contribution is 2.15. The molecule has 0 unspecified atom stereocenters. The van der Waals surface area contributed by atoms with Gasteiger partial charge in [0.25, 0.3) is 0 Å². The molecular formula is C9H13NO2. The average molecular weight is 167 g/mol. The lowest BCUT2D eigenvalue weighted by atomic mass is 10.3. The van der Waals surface area contributed by atoms with Crippen LogP contribution in [-0.4, -0.2) is 15.6 Å². The molecular weight excluding hydrogens is 154 g/mol. The van der Waals surface area contributed by atoms with Gasteiger partial charge in [-0.2, -0.15) is 0 Å². The van der Waals surface area contributed by atoms with Crippen molar-refractivity contribution in [1.82, 2.24) is 4.57 Å². The zero-order chi connectivity index (χ0) is 9.30. The van der Waals surface area contributed by atoms with Crippen LogP contribution in [0.15, 0.2) is 12.1 Å². The Kier molecular flexibility index (Phi) is 2.22. The summed E-state index contributed by atoms with van der Waals surface area (Å²) < 4.78 is 1.81. The number of carboxylic acids is 1. The molecule has 1 heterocycles. The van der Waals surface area contributed by atoms with Gasteiger partial charge in [0, 0.05) is 11.7 Å². The predicted molar refractivity (Wildman–Crippen MR) is 46.5 cm³/mol. The summed E-state index contributed by atoms with van der Waals surface area (Å²) in [6, 6.07) is 3.66. The van der Waals surface area contributed by atoms with Crippen LogP contribution in [0.5, 0.6) is 0 Å². The van der Waals surface area contributed by atoms with Gasteiger partial charge in [-0.25, -0.2) is 4.79 Å². The number of carboxylic acid groups (broad SMARTS) is 1. The van der Waals surface area contributed by atoms with Crippen molar-refractivity contribution in [2.75, 3.05) is 0 Å². The molecule has 0 spiro atoms. The Hall–Kier alpha value is -1.25. The van der Waals surface area contributed by atoms with Gasteiger partial charge in [-0.05, 0) is 32.9 Å². The number of aromatic carboxylic acids is 1. The van der Waals surface area contributed by atoms with Crippen LogP contribution in [-0.2, 0) is 0 Å². The van der Waals surface area contributed by atoms with Gasteiger partial charge < -0.3 is 9.67 Å². The van der Waals surface area contributed by atoms with Crippen LogP contribution in [0.1, 0.15) is 36.1 Å². The van der Waals surface area contributed by atoms with Crippen LogP contribution in [0.4, 0.5) is 0 Å². The van der Waals surface area contributed by atoms with E-state index in [1.807, 2.05) is 31.4 Å². The molecule has 1 aromatic rings. The van der Waals surface area contributed by atoms with E-state index in [0.717, 1.165) is 5.69 Å². The first kappa shape index (κ1) is 8.84. The van der Waals surface area contributed by atoms with E-state index in [9.17, 15) is 4.79 Å². The topological polar surface area (TPSA) is 42.2 Å². The summed E-state index contributed by atoms with van der Waals surface area (Å²) in [4.78, 5) is 10.7. The first-order valence-electron chi connectivity index (χ1n) is 3.95. The van der Waals surface area contributed by atoms with Crippen molar-refractivity contribution in [3.63, 3.8) is 0 Å². The second kappa shape index (κ2) is 3.01. The fourth-order valence-electron chi connectivity index (χ4n) is 1.41. The van der Waals surface area contributed by atoms with Gasteiger partial charge in [0.2, 0.25) is 0 Å². The molecule has 0 atom stereocenters. The van der Waals surface area contributed by atoms with Gasteiger partial charge in [0.15, 0.2) is 0 Å². The molecule has 0 aromatic carbocycles. The van der Waals surface area contributed by atoms with E-state index in [0.29, 0.717) is 5.69 Å². The van der Waals surface area contributed by atoms with Crippen molar-refractivity contribution in [2.45, 2.75) is 26.8 Å². The Labute approximate surface area is 71.6 Å². The third kappa shape index (κ3) is 1.35. The first-order chi connectivity index (χ1) is 5.54. The number of hydrogen-bond donors (Lipinski definition) is 1. The van der Waals surface area contributed by atoms with Crippen molar-refractivity contribution in [3.8, 4) is 0 Å². The van der Waals surface area contributed by atoms with Gasteiger partial charge in [0.1, 0.15) is 5.69 Å². The Morgan fingerprint density at radius 2 is 2.08 bits per heavy atom. The van der Waals surface area contributed by atoms with E-state index in [2.05, 4.69) is 0 Å². The van der Waals surface area contributed by atoms with Crippen LogP contribution >= 0.6 is 0 Å². The highest BCUT2D eigenvalue weighted by Gasteiger charge is 2.13. The van der Waals surface area contributed by atoms with Crippen LogP contribution in [0.3, 0.4) is 0 Å². The minimum Gasteiger partial charge on any atom is -0.477 e. The lowest BCUT2D eigenvalue weighted by Gasteiger charge is -2.12. The zero-order valence-electron chi connectivity index (χ0n) is 7.53. The van der Waals surface area contributed by atoms with Gasteiger partial charge in [0.05, 0.1) is 0 Å². The Morgan fingerprint density at radius 1 is 1.50 bits per heavy atom. The maximum absolute atomic E-state index is 10.7. The smallest absolute Gasteiger partial charge is 0.352 e. The fraction of sp³-hybridized carbons (Fsp3) is 0.444. The lowest BCUT2D eigenvalue weighted by Crippen LogP contribution is -2.11. The summed E-state index contributed by atoms with van der Waals surface area (Å²) >= 11 is 0. The normalized spacial score (nSPS) is 10.7. The van der Waals surface area contributed by atoms with Crippen LogP contribution in [0, 0.1) is 6.92 Å². The molecule has 1 N–H and O–H groups in total. The van der Waals surface area contributed by atoms with Gasteiger partial charge in [-0.15, -0.1) is 0 Å². The number of aryl methyl sites for hydroxylation is 1. The molecule has 3 nitrogen and oxygen atoms in total. The molecule has 0 aliphatic rings. The van der Waals surface area contributed by atoms with Crippen molar-refractivity contribution in [3.05, 3.63) is 23.5 Å². The predicted octanol–water partition coefficient (Wildman–Crippen LogP) is 2.08. The molecule has 0 saturated carbocycles. The number of hydrogen-bond acceptors (Lipinski definition) is 1. The molecule has 1 rings (SSSR count). The molecule has 1 aromatic heterocycles. The molecule has 66 valence electrons. The monoisotopic (exact) mass is 167 g/mol. The van der Waals surface area contributed by atoms with E-state index in [1.54, 1.807) is 6.07 Å². The summed E-state index contributed by atoms with van der Waals surface area (Å²) in [7, 11) is 0. The van der Waals surface area contributed by atoms with Crippen LogP contribution in [0.25, 0.3) is 0 Å². The highest BCUT2D eigenvalue weighted by atomic mass is 16.4. The van der Waals surface area contributed by atoms with Crippen molar-refractivity contribution >= 4 is 5.97 Å². The third-order valence-corrected chi connectivity index (χ3v) is 1.86. The largest absolute Gasteiger partial charge is 0.477 e. The van der Waals surface area contributed by atoms with Gasteiger partial charge >= 0.3 is 5.97 Å². The Morgan fingerprint density at radius 3 is 2.42 bits per heavy atom. The standard InChI is InChI=1S/C9H13NO2/c1-6(2)10-7(3)4-5-8(10)9(11)12/h4-6H,1-3H3,(H,11,12). The number of aromatic nitrogens is 1. The molecule has 0 bridgehead atoms. The average Bonchev–Trinajstić information content (AvgIpc) is 2.30. The molecule has 0 saturated heterocycles. The quantitative estimate of drug-likeness (QED) is 0.732. The lowest BCUT2D eigenvalue weighted by molar-refractivity contribution is 0.0683. The third-order valence-electron chi connectivity index (χ3n) is 1.86. The van der Waals surface area contributed by atoms with Crippen LogP contribution in [0.2, 0.25) is 0 Å². The van der Waals surface area contributed by atoms with Crippen molar-refractivity contribution in [2.24, 2.45) is 0 Å². The highest BCUT2D eigenvalue weighted by molar-refractivity contribution is 5.86. The number of carbonyl (C=O) groups is 1. The summed E-state index contributed by atoms with van der Waals surface area (Å²) in [5, 5.41) is 8.81. The fourth-order valence-corrected chi connectivity index (χ4v) is 1.41. The maximum Gasteiger partial charge on any atom is 0.352 e. The number of nitrogens with zero attached hydrogens (tertiary/aromatic N) is 1. The van der Waals surface area contributed by atoms with E-state index in [4.69, 9.17) is 5.11 Å². The van der Waals surface area contributed by atoms with Gasteiger partial charge in [-0.3, -0.25) is 0 Å². The minimum atomic E-state index is -0.864. The minimum absolute atomic E-state index is 0.200. The van der Waals surface area contributed by atoms with E-state index >= 15 is 0 Å². The second-order valence-electron chi connectivity index (χ2n) is 3.13. The first-order valence-corrected chi connectivity index (χ1v) is 3.95. The molecule has 12 heavy (non-hydrogen) atoms. The maximum atomic E-state index is 10.7. The van der Waals surface area contributed by atoms with E-state index in [-0.39, 0.29) is 6.04 Å². The summed E-state index contributed by atoms with van der Waals surface area (Å²) in [5.41, 5.74) is 1.35. The molecule has 0 aliphatic heterocycles. The molecule has 0 radical (unpaired) electrons. The summed E-state index contributed by atoms with van der Waals surface area (Å²) in [6.45, 7) is 5.85. The Bertz CT molecular complexity index is 299. The SMILES string of the molecule is Cc1ccc(C(=O)O)n1C(C)C. The van der Waals surface area contributed by atoms with Crippen molar-refractivity contribution in [1.29, 1.82) is 0 Å². The van der Waals surface area contributed by atoms with Gasteiger partial charge in [-0.1, -0.05) is 0 Å². The second-order valence-corrected chi connectivity index (χ2v) is 3.13. The number of rotatable bonds is 2. The van der Waals surface area contributed by atoms with Crippen LogP contribution < -0.4 is 0 Å². The molecule has 0 amide bonds. The molecule has 0 fully saturated rings. The molecule has 3 heteroatoms. The van der Waals surface area contributed by atoms with E-state index < -0.39 is 5.97 Å². The van der Waals surface area contributed by atoms with E-state index in [1.165, 1.54) is 0 Å². The Balaban J connectivity index is 3.21.